The van der Waals surface area contributed by atoms with E-state index in [0.29, 0.717) is 10.7 Å². The number of hydrogen-bond donors (Lipinski definition) is 2. The summed E-state index contributed by atoms with van der Waals surface area (Å²) in [6.07, 6.45) is 3.62. The van der Waals surface area contributed by atoms with Crippen LogP contribution in [0.1, 0.15) is 5.56 Å². The second kappa shape index (κ2) is 6.10. The van der Waals surface area contributed by atoms with Crippen LogP contribution in [0.4, 0.5) is 5.95 Å². The third-order valence-electron chi connectivity index (χ3n) is 3.87. The summed E-state index contributed by atoms with van der Waals surface area (Å²) >= 11 is 5.92. The van der Waals surface area contributed by atoms with E-state index < -0.39 is 0 Å². The second-order valence-corrected chi connectivity index (χ2v) is 5.94. The van der Waals surface area contributed by atoms with Gasteiger partial charge in [0.05, 0.1) is 18.6 Å². The summed E-state index contributed by atoms with van der Waals surface area (Å²) in [6, 6.07) is 9.15. The van der Waals surface area contributed by atoms with E-state index in [-0.39, 0.29) is 18.3 Å². The number of nitrogens with zero attached hydrogens (tertiary/aromatic N) is 3. The number of aromatic nitrogens is 4. The van der Waals surface area contributed by atoms with Crippen LogP contribution in [0.3, 0.4) is 0 Å². The SMILES string of the molecule is COc1cccc2[nH]cc(CC(=O)Nc3nc4ccc(Cl)cn4n3)c12. The molecule has 0 aliphatic rings. The molecule has 3 aromatic heterocycles. The fourth-order valence-electron chi connectivity index (χ4n) is 2.78. The fraction of sp³-hybridized carbons (Fsp3) is 0.118. The molecule has 0 saturated heterocycles. The molecule has 126 valence electrons. The molecule has 0 saturated carbocycles. The molecular weight excluding hydrogens is 342 g/mol. The van der Waals surface area contributed by atoms with Crippen LogP contribution in [0.25, 0.3) is 16.6 Å². The van der Waals surface area contributed by atoms with Crippen molar-refractivity contribution in [2.75, 3.05) is 12.4 Å². The van der Waals surface area contributed by atoms with Gasteiger partial charge in [-0.1, -0.05) is 17.7 Å². The van der Waals surface area contributed by atoms with Gasteiger partial charge >= 0.3 is 0 Å². The van der Waals surface area contributed by atoms with E-state index in [4.69, 9.17) is 16.3 Å². The quantitative estimate of drug-likeness (QED) is 0.589. The van der Waals surface area contributed by atoms with Gasteiger partial charge in [-0.2, -0.15) is 4.98 Å². The minimum absolute atomic E-state index is 0.177. The summed E-state index contributed by atoms with van der Waals surface area (Å²) in [6.45, 7) is 0. The molecule has 4 aromatic rings. The molecule has 4 rings (SSSR count). The maximum absolute atomic E-state index is 12.4. The van der Waals surface area contributed by atoms with Gasteiger partial charge in [0, 0.05) is 23.3 Å². The monoisotopic (exact) mass is 355 g/mol. The number of pyridine rings is 1. The van der Waals surface area contributed by atoms with Crippen molar-refractivity contribution in [3.63, 3.8) is 0 Å². The summed E-state index contributed by atoms with van der Waals surface area (Å²) in [4.78, 5) is 19.8. The van der Waals surface area contributed by atoms with Crippen LogP contribution < -0.4 is 10.1 Å². The van der Waals surface area contributed by atoms with Crippen LogP contribution in [0.5, 0.6) is 5.75 Å². The summed E-state index contributed by atoms with van der Waals surface area (Å²) in [5.41, 5.74) is 2.37. The molecule has 0 radical (unpaired) electrons. The summed E-state index contributed by atoms with van der Waals surface area (Å²) in [7, 11) is 1.61. The number of rotatable bonds is 4. The number of amides is 1. The number of nitrogens with one attached hydrogen (secondary N) is 2. The molecule has 2 N–H and O–H groups in total. The van der Waals surface area contributed by atoms with E-state index in [1.54, 1.807) is 25.4 Å². The van der Waals surface area contributed by atoms with Crippen molar-refractivity contribution in [1.29, 1.82) is 0 Å². The highest BCUT2D eigenvalue weighted by molar-refractivity contribution is 6.30. The highest BCUT2D eigenvalue weighted by Crippen LogP contribution is 2.28. The molecule has 3 heterocycles. The Morgan fingerprint density at radius 1 is 1.36 bits per heavy atom. The Morgan fingerprint density at radius 2 is 2.24 bits per heavy atom. The maximum Gasteiger partial charge on any atom is 0.249 e. The molecule has 0 aliphatic carbocycles. The molecule has 1 aromatic carbocycles. The standard InChI is InChI=1S/C17H14ClN5O2/c1-25-13-4-2-3-12-16(13)10(8-19-12)7-15(24)21-17-20-14-6-5-11(18)9-23(14)22-17/h2-6,8-9,19H,7H2,1H3,(H,21,22,24). The molecule has 0 aliphatic heterocycles. The van der Waals surface area contributed by atoms with Crippen LogP contribution in [0, 0.1) is 0 Å². The zero-order valence-corrected chi connectivity index (χ0v) is 14.0. The number of H-pyrrole nitrogens is 1. The van der Waals surface area contributed by atoms with E-state index >= 15 is 0 Å². The van der Waals surface area contributed by atoms with Crippen molar-refractivity contribution in [1.82, 2.24) is 19.6 Å². The van der Waals surface area contributed by atoms with Crippen molar-refractivity contribution >= 4 is 40.0 Å². The van der Waals surface area contributed by atoms with E-state index in [9.17, 15) is 4.79 Å². The maximum atomic E-state index is 12.4. The van der Waals surface area contributed by atoms with Gasteiger partial charge in [0.2, 0.25) is 11.9 Å². The van der Waals surface area contributed by atoms with Gasteiger partial charge in [0.25, 0.3) is 0 Å². The predicted molar refractivity (Wildman–Crippen MR) is 95.2 cm³/mol. The normalized spacial score (nSPS) is 11.1. The lowest BCUT2D eigenvalue weighted by Gasteiger charge is -2.04. The topological polar surface area (TPSA) is 84.3 Å². The number of methoxy groups -OCH3 is 1. The number of anilines is 1. The molecular formula is C17H14ClN5O2. The lowest BCUT2D eigenvalue weighted by Crippen LogP contribution is -2.15. The summed E-state index contributed by atoms with van der Waals surface area (Å²) in [5, 5.41) is 8.35. The van der Waals surface area contributed by atoms with E-state index in [2.05, 4.69) is 20.4 Å². The third kappa shape index (κ3) is 2.89. The van der Waals surface area contributed by atoms with Crippen molar-refractivity contribution in [2.24, 2.45) is 0 Å². The zero-order valence-electron chi connectivity index (χ0n) is 13.3. The number of benzene rings is 1. The molecule has 0 atom stereocenters. The summed E-state index contributed by atoms with van der Waals surface area (Å²) < 4.78 is 6.91. The van der Waals surface area contributed by atoms with Gasteiger partial charge in [-0.05, 0) is 29.8 Å². The minimum atomic E-state index is -0.214. The van der Waals surface area contributed by atoms with Crippen molar-refractivity contribution in [3.8, 4) is 5.75 Å². The molecule has 0 spiro atoms. The Labute approximate surface area is 147 Å². The fourth-order valence-corrected chi connectivity index (χ4v) is 2.94. The predicted octanol–water partition coefficient (Wildman–Crippen LogP) is 3.05. The first-order valence-electron chi connectivity index (χ1n) is 7.59. The van der Waals surface area contributed by atoms with E-state index in [1.807, 2.05) is 24.4 Å². The van der Waals surface area contributed by atoms with Gasteiger partial charge < -0.3 is 9.72 Å². The summed E-state index contributed by atoms with van der Waals surface area (Å²) in [5.74, 6) is 0.745. The largest absolute Gasteiger partial charge is 0.496 e. The number of ether oxygens (including phenoxy) is 1. The van der Waals surface area contributed by atoms with Gasteiger partial charge in [-0.25, -0.2) is 4.52 Å². The number of halogens is 1. The number of carbonyl (C=O) groups is 1. The lowest BCUT2D eigenvalue weighted by atomic mass is 10.1. The smallest absolute Gasteiger partial charge is 0.249 e. The molecule has 7 nitrogen and oxygen atoms in total. The average molecular weight is 356 g/mol. The Morgan fingerprint density at radius 3 is 3.08 bits per heavy atom. The van der Waals surface area contributed by atoms with Gasteiger partial charge in [0.1, 0.15) is 5.75 Å². The van der Waals surface area contributed by atoms with Crippen LogP contribution in [0.2, 0.25) is 5.02 Å². The van der Waals surface area contributed by atoms with Gasteiger partial charge in [-0.15, -0.1) is 5.10 Å². The van der Waals surface area contributed by atoms with Gasteiger partial charge in [-0.3, -0.25) is 10.1 Å². The second-order valence-electron chi connectivity index (χ2n) is 5.51. The van der Waals surface area contributed by atoms with Crippen molar-refractivity contribution in [2.45, 2.75) is 6.42 Å². The van der Waals surface area contributed by atoms with Crippen LogP contribution >= 0.6 is 11.6 Å². The molecule has 0 fully saturated rings. The Balaban J connectivity index is 1.57. The highest BCUT2D eigenvalue weighted by atomic mass is 35.5. The van der Waals surface area contributed by atoms with Crippen molar-refractivity contribution < 1.29 is 9.53 Å². The number of hydrogen-bond acceptors (Lipinski definition) is 4. The molecule has 1 amide bonds. The average Bonchev–Trinajstić information content (AvgIpc) is 3.18. The number of carbonyl (C=O) groups excluding carboxylic acids is 1. The van der Waals surface area contributed by atoms with Gasteiger partial charge in [0.15, 0.2) is 5.65 Å². The highest BCUT2D eigenvalue weighted by Gasteiger charge is 2.14. The Kier molecular flexibility index (Phi) is 3.77. The number of fused-ring (bicyclic) bond motifs is 2. The third-order valence-corrected chi connectivity index (χ3v) is 4.09. The lowest BCUT2D eigenvalue weighted by molar-refractivity contribution is -0.115. The first-order valence-corrected chi connectivity index (χ1v) is 7.96. The molecule has 25 heavy (non-hydrogen) atoms. The van der Waals surface area contributed by atoms with Crippen LogP contribution in [0.15, 0.2) is 42.7 Å². The van der Waals surface area contributed by atoms with Crippen LogP contribution in [-0.2, 0) is 11.2 Å². The van der Waals surface area contributed by atoms with Crippen molar-refractivity contribution in [3.05, 3.63) is 53.3 Å². The minimum Gasteiger partial charge on any atom is -0.496 e. The first-order chi connectivity index (χ1) is 12.1. The molecule has 8 heteroatoms. The molecule has 0 bridgehead atoms. The number of aromatic amines is 1. The van der Waals surface area contributed by atoms with Crippen LogP contribution in [-0.4, -0.2) is 32.6 Å². The van der Waals surface area contributed by atoms with E-state index in [0.717, 1.165) is 22.2 Å². The first kappa shape index (κ1) is 15.5. The Hall–Kier alpha value is -3.06. The molecule has 0 unspecified atom stereocenters. The van der Waals surface area contributed by atoms with E-state index in [1.165, 1.54) is 4.52 Å². The Bertz CT molecular complexity index is 1090. The zero-order chi connectivity index (χ0) is 17.4.